The second-order valence-corrected chi connectivity index (χ2v) is 8.96. The summed E-state index contributed by atoms with van der Waals surface area (Å²) in [6, 6.07) is 12.5. The monoisotopic (exact) mass is 508 g/mol. The molecule has 38 heavy (non-hydrogen) atoms. The van der Waals surface area contributed by atoms with Crippen LogP contribution in [0.5, 0.6) is 0 Å². The predicted octanol–water partition coefficient (Wildman–Crippen LogP) is 4.64. The second kappa shape index (κ2) is 11.5. The molecule has 0 radical (unpaired) electrons. The van der Waals surface area contributed by atoms with Crippen LogP contribution in [0.4, 0.5) is 5.69 Å². The van der Waals surface area contributed by atoms with E-state index in [-0.39, 0.29) is 18.6 Å². The quantitative estimate of drug-likeness (QED) is 0.248. The number of amides is 1. The molecule has 3 heterocycles. The molecule has 0 fully saturated rings. The number of hydrogen-bond acceptors (Lipinski definition) is 7. The van der Waals surface area contributed by atoms with E-state index in [1.54, 1.807) is 41.4 Å². The summed E-state index contributed by atoms with van der Waals surface area (Å²) in [6.07, 6.45) is 8.71. The lowest BCUT2D eigenvalue weighted by molar-refractivity contribution is -0.150. The molecule has 0 aliphatic heterocycles. The number of fused-ring (bicyclic) bond motifs is 1. The molecule has 2 atom stereocenters. The van der Waals surface area contributed by atoms with Gasteiger partial charge in [-0.2, -0.15) is 5.26 Å². The van der Waals surface area contributed by atoms with Gasteiger partial charge in [-0.15, -0.1) is 0 Å². The Balaban J connectivity index is 1.76. The molecule has 0 aliphatic carbocycles. The van der Waals surface area contributed by atoms with Crippen LogP contribution in [0.1, 0.15) is 25.8 Å². The van der Waals surface area contributed by atoms with Gasteiger partial charge in [0.15, 0.2) is 6.73 Å². The molecule has 2 unspecified atom stereocenters. The number of ether oxygens (including phenoxy) is 1. The molecule has 192 valence electrons. The third-order valence-electron chi connectivity index (χ3n) is 6.42. The maximum atomic E-state index is 12.5. The molecule has 0 bridgehead atoms. The number of nitrogens with two attached hydrogens (primary N) is 1. The highest BCUT2D eigenvalue weighted by molar-refractivity contribution is 5.99. The van der Waals surface area contributed by atoms with Crippen LogP contribution in [-0.4, -0.2) is 32.5 Å². The number of rotatable bonds is 9. The first-order valence-corrected chi connectivity index (χ1v) is 12.1. The van der Waals surface area contributed by atoms with Gasteiger partial charge in [-0.05, 0) is 41.8 Å². The number of esters is 1. The molecular weight excluding hydrogens is 480 g/mol. The van der Waals surface area contributed by atoms with Gasteiger partial charge in [-0.3, -0.25) is 19.1 Å². The Morgan fingerprint density at radius 1 is 1.21 bits per heavy atom. The molecule has 0 saturated heterocycles. The van der Waals surface area contributed by atoms with E-state index in [1.165, 1.54) is 6.08 Å². The summed E-state index contributed by atoms with van der Waals surface area (Å²) in [5.74, 6) is -0.818. The molecule has 1 amide bonds. The molecule has 3 aromatic heterocycles. The minimum atomic E-state index is -0.713. The van der Waals surface area contributed by atoms with Gasteiger partial charge < -0.3 is 15.8 Å². The van der Waals surface area contributed by atoms with Crippen molar-refractivity contribution in [2.24, 2.45) is 11.7 Å². The summed E-state index contributed by atoms with van der Waals surface area (Å²) < 4.78 is 7.29. The van der Waals surface area contributed by atoms with E-state index in [2.05, 4.69) is 27.9 Å². The molecule has 0 saturated carbocycles. The van der Waals surface area contributed by atoms with Crippen LogP contribution in [0.3, 0.4) is 0 Å². The number of anilines is 1. The fourth-order valence-corrected chi connectivity index (χ4v) is 3.99. The molecule has 4 aromatic rings. The Hall–Kier alpha value is -4.81. The third kappa shape index (κ3) is 5.61. The van der Waals surface area contributed by atoms with Crippen LogP contribution in [-0.2, 0) is 21.1 Å². The van der Waals surface area contributed by atoms with Gasteiger partial charge in [-0.1, -0.05) is 39.0 Å². The summed E-state index contributed by atoms with van der Waals surface area (Å²) in [4.78, 5) is 33.2. The summed E-state index contributed by atoms with van der Waals surface area (Å²) in [6.45, 7) is 7.29. The van der Waals surface area contributed by atoms with Crippen LogP contribution < -0.4 is 11.1 Å². The first kappa shape index (κ1) is 26.3. The van der Waals surface area contributed by atoms with E-state index in [0.717, 1.165) is 34.1 Å². The predicted molar refractivity (Wildman–Crippen MR) is 145 cm³/mol. The van der Waals surface area contributed by atoms with Gasteiger partial charge in [-0.25, -0.2) is 4.98 Å². The Morgan fingerprint density at radius 3 is 2.74 bits per heavy atom. The van der Waals surface area contributed by atoms with Gasteiger partial charge in [0.25, 0.3) is 0 Å². The number of aromatic nitrogens is 3. The van der Waals surface area contributed by atoms with Crippen molar-refractivity contribution in [3.8, 4) is 28.3 Å². The van der Waals surface area contributed by atoms with Crippen LogP contribution in [0.15, 0.2) is 73.8 Å². The second-order valence-electron chi connectivity index (χ2n) is 8.96. The highest BCUT2D eigenvalue weighted by Gasteiger charge is 2.22. The Kier molecular flexibility index (Phi) is 7.94. The SMILES string of the molecule is C=CC(=O)Nc1cncc(-c2cnc3c(c2)c(-c2cccc(C#N)c2)cn3COC(=O)C(N)C(C)CC)c1. The number of benzene rings is 1. The molecule has 9 heteroatoms. The molecule has 0 spiro atoms. The molecular formula is C29H28N6O3. The summed E-state index contributed by atoms with van der Waals surface area (Å²) in [5.41, 5.74) is 10.8. The Labute approximate surface area is 220 Å². The summed E-state index contributed by atoms with van der Waals surface area (Å²) >= 11 is 0. The van der Waals surface area contributed by atoms with Crippen molar-refractivity contribution in [3.05, 3.63) is 79.4 Å². The molecule has 3 N–H and O–H groups in total. The van der Waals surface area contributed by atoms with E-state index < -0.39 is 12.0 Å². The fraction of sp³-hybridized carbons (Fsp3) is 0.207. The number of carbonyl (C=O) groups excluding carboxylic acids is 2. The lowest BCUT2D eigenvalue weighted by Crippen LogP contribution is -2.38. The van der Waals surface area contributed by atoms with Crippen molar-refractivity contribution in [2.75, 3.05) is 5.32 Å². The van der Waals surface area contributed by atoms with Gasteiger partial charge in [0, 0.05) is 40.7 Å². The number of carbonyl (C=O) groups is 2. The van der Waals surface area contributed by atoms with Gasteiger partial charge >= 0.3 is 5.97 Å². The topological polar surface area (TPSA) is 136 Å². The van der Waals surface area contributed by atoms with Crippen molar-refractivity contribution in [1.82, 2.24) is 14.5 Å². The average molecular weight is 509 g/mol. The van der Waals surface area contributed by atoms with Crippen LogP contribution in [0.25, 0.3) is 33.3 Å². The van der Waals surface area contributed by atoms with Crippen LogP contribution in [0, 0.1) is 17.2 Å². The van der Waals surface area contributed by atoms with E-state index >= 15 is 0 Å². The van der Waals surface area contributed by atoms with Gasteiger partial charge in [0.2, 0.25) is 5.91 Å². The van der Waals surface area contributed by atoms with Crippen molar-refractivity contribution < 1.29 is 14.3 Å². The molecule has 0 aliphatic rings. The standard InChI is InChI=1S/C29H28N6O3/c1-4-18(3)27(31)29(37)38-17-35-16-25(20-8-6-7-19(9-20)12-30)24-11-22(14-33-28(24)35)21-10-23(15-32-13-21)34-26(36)5-2/h5-11,13-16,18,27H,2,4,17,31H2,1,3H3,(H,34,36). The number of hydrogen-bond donors (Lipinski definition) is 2. The molecule has 4 rings (SSSR count). The summed E-state index contributed by atoms with van der Waals surface area (Å²) in [7, 11) is 0. The highest BCUT2D eigenvalue weighted by atomic mass is 16.5. The van der Waals surface area contributed by atoms with Gasteiger partial charge in [0.05, 0.1) is 23.5 Å². The first-order chi connectivity index (χ1) is 18.3. The highest BCUT2D eigenvalue weighted by Crippen LogP contribution is 2.33. The van der Waals surface area contributed by atoms with E-state index in [1.807, 2.05) is 38.2 Å². The smallest absolute Gasteiger partial charge is 0.324 e. The zero-order chi connectivity index (χ0) is 27.2. The zero-order valence-corrected chi connectivity index (χ0v) is 21.2. The number of pyridine rings is 2. The van der Waals surface area contributed by atoms with Crippen molar-refractivity contribution in [2.45, 2.75) is 33.0 Å². The van der Waals surface area contributed by atoms with Crippen molar-refractivity contribution in [1.29, 1.82) is 5.26 Å². The maximum absolute atomic E-state index is 12.5. The van der Waals surface area contributed by atoms with Gasteiger partial charge in [0.1, 0.15) is 11.7 Å². The molecule has 1 aromatic carbocycles. The lowest BCUT2D eigenvalue weighted by atomic mass is 10.0. The van der Waals surface area contributed by atoms with Crippen molar-refractivity contribution in [3.63, 3.8) is 0 Å². The third-order valence-corrected chi connectivity index (χ3v) is 6.42. The van der Waals surface area contributed by atoms with Crippen molar-refractivity contribution >= 4 is 28.6 Å². The zero-order valence-electron chi connectivity index (χ0n) is 21.2. The first-order valence-electron chi connectivity index (χ1n) is 12.1. The largest absolute Gasteiger partial charge is 0.443 e. The van der Waals surface area contributed by atoms with Crippen LogP contribution >= 0.6 is 0 Å². The average Bonchev–Trinajstić information content (AvgIpc) is 3.32. The molecule has 9 nitrogen and oxygen atoms in total. The number of nitrogens with zero attached hydrogens (tertiary/aromatic N) is 4. The Morgan fingerprint density at radius 2 is 2.00 bits per heavy atom. The summed E-state index contributed by atoms with van der Waals surface area (Å²) in [5, 5.41) is 12.9. The van der Waals surface area contributed by atoms with E-state index in [0.29, 0.717) is 16.9 Å². The minimum Gasteiger partial charge on any atom is -0.443 e. The minimum absolute atomic E-state index is 0.00508. The van der Waals surface area contributed by atoms with Crippen LogP contribution in [0.2, 0.25) is 0 Å². The van der Waals surface area contributed by atoms with E-state index in [4.69, 9.17) is 10.5 Å². The van der Waals surface area contributed by atoms with E-state index in [9.17, 15) is 14.9 Å². The lowest BCUT2D eigenvalue weighted by Gasteiger charge is -2.17. The fourth-order valence-electron chi connectivity index (χ4n) is 3.99. The maximum Gasteiger partial charge on any atom is 0.324 e. The number of nitrogens with one attached hydrogen (secondary N) is 1. The number of nitriles is 1. The Bertz CT molecular complexity index is 1550. The normalized spacial score (nSPS) is 12.4.